The normalized spacial score (nSPS) is 17.3. The summed E-state index contributed by atoms with van der Waals surface area (Å²) in [4.78, 5) is 29.9. The molecule has 5 rings (SSSR count). The van der Waals surface area contributed by atoms with Crippen LogP contribution >= 0.6 is 0 Å². The number of sulfonamides is 1. The molecule has 1 amide bonds. The fourth-order valence-electron chi connectivity index (χ4n) is 4.65. The van der Waals surface area contributed by atoms with Crippen LogP contribution in [0.2, 0.25) is 0 Å². The molecule has 32 heavy (non-hydrogen) atoms. The number of pyridine rings is 1. The number of hydrogen-bond acceptors (Lipinski definition) is 4. The Morgan fingerprint density at radius 3 is 2.38 bits per heavy atom. The average molecular weight is 452 g/mol. The first kappa shape index (κ1) is 20.9. The first-order chi connectivity index (χ1) is 15.4. The maximum Gasteiger partial charge on any atom is 0.270 e. The number of fused-ring (bicyclic) bond motifs is 2. The van der Waals surface area contributed by atoms with Crippen molar-refractivity contribution in [3.63, 3.8) is 0 Å². The Morgan fingerprint density at radius 1 is 0.875 bits per heavy atom. The third-order valence-electron chi connectivity index (χ3n) is 6.47. The number of aromatic nitrogens is 1. The van der Waals surface area contributed by atoms with Crippen molar-refractivity contribution in [2.45, 2.75) is 30.6 Å². The number of aromatic amines is 1. The lowest BCUT2D eigenvalue weighted by Gasteiger charge is -2.34. The largest absolute Gasteiger partial charge is 0.335 e. The van der Waals surface area contributed by atoms with E-state index in [1.165, 1.54) is 9.87 Å². The van der Waals surface area contributed by atoms with Crippen LogP contribution in [-0.4, -0.2) is 54.7 Å². The number of carbonyl (C=O) groups excluding carboxylic acids is 1. The predicted octanol–water partition coefficient (Wildman–Crippen LogP) is 2.55. The van der Waals surface area contributed by atoms with Crippen LogP contribution in [0, 0.1) is 0 Å². The molecule has 1 aliphatic heterocycles. The summed E-state index contributed by atoms with van der Waals surface area (Å²) in [5.41, 5.74) is 2.29. The third-order valence-corrected chi connectivity index (χ3v) is 8.36. The van der Waals surface area contributed by atoms with E-state index in [0.29, 0.717) is 15.7 Å². The minimum absolute atomic E-state index is 0.222. The van der Waals surface area contributed by atoms with E-state index in [-0.39, 0.29) is 43.3 Å². The second-order valence-electron chi connectivity index (χ2n) is 8.43. The first-order valence-corrected chi connectivity index (χ1v) is 12.4. The zero-order chi connectivity index (χ0) is 22.3. The van der Waals surface area contributed by atoms with Crippen molar-refractivity contribution >= 4 is 26.7 Å². The van der Waals surface area contributed by atoms with Gasteiger partial charge in [-0.1, -0.05) is 24.3 Å². The van der Waals surface area contributed by atoms with E-state index >= 15 is 0 Å². The molecule has 0 atom stereocenters. The molecule has 7 nitrogen and oxygen atoms in total. The summed E-state index contributed by atoms with van der Waals surface area (Å²) in [5.74, 6) is -0.293. The zero-order valence-corrected chi connectivity index (χ0v) is 18.5. The lowest BCUT2D eigenvalue weighted by Crippen LogP contribution is -2.50. The molecule has 0 saturated carbocycles. The van der Waals surface area contributed by atoms with Gasteiger partial charge in [-0.15, -0.1) is 0 Å². The molecule has 166 valence electrons. The Bertz CT molecular complexity index is 1360. The van der Waals surface area contributed by atoms with Crippen LogP contribution in [0.4, 0.5) is 0 Å². The molecule has 1 aromatic heterocycles. The van der Waals surface area contributed by atoms with Gasteiger partial charge in [0, 0.05) is 31.6 Å². The van der Waals surface area contributed by atoms with E-state index < -0.39 is 10.0 Å². The summed E-state index contributed by atoms with van der Waals surface area (Å²) < 4.78 is 27.8. The maximum atomic E-state index is 13.2. The van der Waals surface area contributed by atoms with E-state index in [2.05, 4.69) is 4.98 Å². The molecule has 0 unspecified atom stereocenters. The van der Waals surface area contributed by atoms with Crippen molar-refractivity contribution in [1.82, 2.24) is 14.2 Å². The molecule has 1 fully saturated rings. The van der Waals surface area contributed by atoms with Gasteiger partial charge in [-0.2, -0.15) is 4.31 Å². The van der Waals surface area contributed by atoms with Crippen LogP contribution in [0.15, 0.2) is 58.2 Å². The topological polar surface area (TPSA) is 90.6 Å². The summed E-state index contributed by atoms with van der Waals surface area (Å²) in [6, 6.07) is 14.3. The number of carbonyl (C=O) groups is 1. The molecule has 0 spiro atoms. The summed E-state index contributed by atoms with van der Waals surface area (Å²) in [5, 5.41) is 1.23. The van der Waals surface area contributed by atoms with Crippen LogP contribution in [0.1, 0.15) is 34.5 Å². The molecular formula is C24H25N3O4S. The third kappa shape index (κ3) is 3.73. The quantitative estimate of drug-likeness (QED) is 0.663. The van der Waals surface area contributed by atoms with Crippen LogP contribution in [0.5, 0.6) is 0 Å². The Hall–Kier alpha value is -2.97. The number of hydrogen-bond donors (Lipinski definition) is 1. The summed E-state index contributed by atoms with van der Waals surface area (Å²) in [7, 11) is -3.61. The summed E-state index contributed by atoms with van der Waals surface area (Å²) in [6.07, 6.45) is 4.17. The first-order valence-electron chi connectivity index (χ1n) is 11.0. The molecule has 1 aliphatic carbocycles. The Kier molecular flexibility index (Phi) is 5.35. The van der Waals surface area contributed by atoms with Crippen molar-refractivity contribution in [1.29, 1.82) is 0 Å². The SMILES string of the molecule is O=C(c1cc2ccccc2c(=O)[nH]1)N1CCN(S(=O)(=O)c2ccc3c(c2)CCCC3)CC1. The van der Waals surface area contributed by atoms with Crippen LogP contribution in [0.3, 0.4) is 0 Å². The fourth-order valence-corrected chi connectivity index (χ4v) is 6.12. The van der Waals surface area contributed by atoms with Crippen LogP contribution < -0.4 is 5.56 Å². The number of aryl methyl sites for hydroxylation is 2. The minimum Gasteiger partial charge on any atom is -0.335 e. The average Bonchev–Trinajstić information content (AvgIpc) is 2.83. The van der Waals surface area contributed by atoms with Gasteiger partial charge < -0.3 is 9.88 Å². The lowest BCUT2D eigenvalue weighted by molar-refractivity contribution is 0.0692. The van der Waals surface area contributed by atoms with E-state index in [1.54, 1.807) is 35.2 Å². The number of nitrogens with one attached hydrogen (secondary N) is 1. The highest BCUT2D eigenvalue weighted by Crippen LogP contribution is 2.26. The van der Waals surface area contributed by atoms with Gasteiger partial charge >= 0.3 is 0 Å². The molecule has 3 aromatic rings. The van der Waals surface area contributed by atoms with Gasteiger partial charge in [0.05, 0.1) is 4.90 Å². The fraction of sp³-hybridized carbons (Fsp3) is 0.333. The number of rotatable bonds is 3. The smallest absolute Gasteiger partial charge is 0.270 e. The molecule has 0 radical (unpaired) electrons. The number of amides is 1. The highest BCUT2D eigenvalue weighted by atomic mass is 32.2. The molecular weight excluding hydrogens is 426 g/mol. The second-order valence-corrected chi connectivity index (χ2v) is 10.4. The highest BCUT2D eigenvalue weighted by Gasteiger charge is 2.31. The van der Waals surface area contributed by atoms with Crippen molar-refractivity contribution < 1.29 is 13.2 Å². The van der Waals surface area contributed by atoms with Crippen molar-refractivity contribution in [3.8, 4) is 0 Å². The predicted molar refractivity (Wildman–Crippen MR) is 122 cm³/mol. The van der Waals surface area contributed by atoms with Crippen molar-refractivity contribution in [2.24, 2.45) is 0 Å². The molecule has 0 bridgehead atoms. The Morgan fingerprint density at radius 2 is 1.59 bits per heavy atom. The summed E-state index contributed by atoms with van der Waals surface area (Å²) >= 11 is 0. The number of benzene rings is 2. The number of piperazine rings is 1. The Labute approximate surface area is 186 Å². The molecule has 2 heterocycles. The van der Waals surface area contributed by atoms with Crippen LogP contribution in [-0.2, 0) is 22.9 Å². The van der Waals surface area contributed by atoms with E-state index in [1.807, 2.05) is 18.2 Å². The molecule has 1 N–H and O–H groups in total. The van der Waals surface area contributed by atoms with Gasteiger partial charge in [-0.3, -0.25) is 9.59 Å². The molecule has 2 aliphatic rings. The van der Waals surface area contributed by atoms with E-state index in [9.17, 15) is 18.0 Å². The van der Waals surface area contributed by atoms with Gasteiger partial charge in [0.2, 0.25) is 10.0 Å². The standard InChI is InChI=1S/C24H25N3O4S/c28-23-21-8-4-3-7-19(21)16-22(25-23)24(29)26-11-13-27(14-12-26)32(30,31)20-10-9-17-5-1-2-6-18(17)15-20/h3-4,7-10,15-16H,1-2,5-6,11-14H2,(H,25,28). The lowest BCUT2D eigenvalue weighted by atomic mass is 9.92. The molecule has 8 heteroatoms. The Balaban J connectivity index is 1.31. The number of H-pyrrole nitrogens is 1. The molecule has 1 saturated heterocycles. The van der Waals surface area contributed by atoms with Gasteiger partial charge in [-0.25, -0.2) is 8.42 Å². The summed E-state index contributed by atoms with van der Waals surface area (Å²) in [6.45, 7) is 1.00. The van der Waals surface area contributed by atoms with Gasteiger partial charge in [0.15, 0.2) is 0 Å². The zero-order valence-electron chi connectivity index (χ0n) is 17.7. The van der Waals surface area contributed by atoms with E-state index in [0.717, 1.165) is 31.2 Å². The van der Waals surface area contributed by atoms with Gasteiger partial charge in [0.1, 0.15) is 5.69 Å². The van der Waals surface area contributed by atoms with Crippen LogP contribution in [0.25, 0.3) is 10.8 Å². The van der Waals surface area contributed by atoms with E-state index in [4.69, 9.17) is 0 Å². The van der Waals surface area contributed by atoms with Gasteiger partial charge in [-0.05, 0) is 66.5 Å². The van der Waals surface area contributed by atoms with Gasteiger partial charge in [0.25, 0.3) is 11.5 Å². The maximum absolute atomic E-state index is 13.2. The van der Waals surface area contributed by atoms with Crippen molar-refractivity contribution in [2.75, 3.05) is 26.2 Å². The minimum atomic E-state index is -3.61. The number of nitrogens with zero attached hydrogens (tertiary/aromatic N) is 2. The second kappa shape index (κ2) is 8.18. The monoisotopic (exact) mass is 451 g/mol. The van der Waals surface area contributed by atoms with Crippen molar-refractivity contribution in [3.05, 3.63) is 75.7 Å². The molecule has 2 aromatic carbocycles. The highest BCUT2D eigenvalue weighted by molar-refractivity contribution is 7.89.